The predicted molar refractivity (Wildman–Crippen MR) is 121 cm³/mol. The average molecular weight is 484 g/mol. The molecule has 1 aliphatic rings. The Morgan fingerprint density at radius 1 is 1.27 bits per heavy atom. The molecular weight excluding hydrogens is 443 g/mol. The molecule has 156 valence electrons. The number of guanidine groups is 1. The van der Waals surface area contributed by atoms with Gasteiger partial charge in [0.1, 0.15) is 0 Å². The van der Waals surface area contributed by atoms with Gasteiger partial charge in [-0.25, -0.2) is 0 Å². The molecule has 0 spiro atoms. The van der Waals surface area contributed by atoms with Crippen molar-refractivity contribution in [3.63, 3.8) is 0 Å². The Bertz CT molecular complexity index is 352. The van der Waals surface area contributed by atoms with Crippen LogP contribution in [-0.2, 0) is 9.47 Å². The molecule has 1 aliphatic heterocycles. The maximum atomic E-state index is 5.79. The van der Waals surface area contributed by atoms with Crippen LogP contribution < -0.4 is 10.6 Å². The summed E-state index contributed by atoms with van der Waals surface area (Å²) in [6.07, 6.45) is 4.42. The Kier molecular flexibility index (Phi) is 16.9. The number of nitrogens with zero attached hydrogens (tertiary/aromatic N) is 2. The van der Waals surface area contributed by atoms with E-state index in [0.717, 1.165) is 77.8 Å². The van der Waals surface area contributed by atoms with E-state index in [1.54, 1.807) is 0 Å². The minimum Gasteiger partial charge on any atom is -0.381 e. The summed E-state index contributed by atoms with van der Waals surface area (Å²) in [4.78, 5) is 7.01. The lowest BCUT2D eigenvalue weighted by molar-refractivity contribution is 0.0205. The molecule has 0 aromatic carbocycles. The van der Waals surface area contributed by atoms with Gasteiger partial charge >= 0.3 is 0 Å². The van der Waals surface area contributed by atoms with Crippen molar-refractivity contribution >= 4 is 29.9 Å². The van der Waals surface area contributed by atoms with Gasteiger partial charge in [0.05, 0.1) is 0 Å². The number of ether oxygens (including phenoxy) is 2. The van der Waals surface area contributed by atoms with Crippen molar-refractivity contribution in [2.75, 3.05) is 59.7 Å². The highest BCUT2D eigenvalue weighted by molar-refractivity contribution is 14.0. The van der Waals surface area contributed by atoms with Crippen LogP contribution in [0.5, 0.6) is 0 Å². The zero-order chi connectivity index (χ0) is 18.3. The second kappa shape index (κ2) is 17.0. The van der Waals surface area contributed by atoms with Crippen LogP contribution in [0.1, 0.15) is 46.5 Å². The first-order valence-electron chi connectivity index (χ1n) is 10.0. The molecule has 0 aromatic rings. The summed E-state index contributed by atoms with van der Waals surface area (Å²) in [5.41, 5.74) is 0. The summed E-state index contributed by atoms with van der Waals surface area (Å²) < 4.78 is 11.2. The normalized spacial score (nSPS) is 17.0. The van der Waals surface area contributed by atoms with Crippen LogP contribution >= 0.6 is 24.0 Å². The number of hydrogen-bond acceptors (Lipinski definition) is 4. The van der Waals surface area contributed by atoms with Gasteiger partial charge in [-0.15, -0.1) is 24.0 Å². The first kappa shape index (κ1) is 25.9. The Balaban J connectivity index is 0.00000625. The summed E-state index contributed by atoms with van der Waals surface area (Å²) in [7, 11) is 2.18. The van der Waals surface area contributed by atoms with Gasteiger partial charge in [0.2, 0.25) is 0 Å². The number of hydrogen-bond donors (Lipinski definition) is 2. The Morgan fingerprint density at radius 2 is 2.00 bits per heavy atom. The van der Waals surface area contributed by atoms with Crippen LogP contribution in [0, 0.1) is 5.92 Å². The summed E-state index contributed by atoms with van der Waals surface area (Å²) in [6.45, 7) is 13.6. The molecule has 0 radical (unpaired) electrons. The van der Waals surface area contributed by atoms with E-state index in [1.165, 1.54) is 6.42 Å². The molecule has 26 heavy (non-hydrogen) atoms. The highest BCUT2D eigenvalue weighted by Gasteiger charge is 2.13. The minimum atomic E-state index is 0. The molecule has 1 rings (SSSR count). The van der Waals surface area contributed by atoms with E-state index in [1.807, 2.05) is 0 Å². The molecule has 1 heterocycles. The summed E-state index contributed by atoms with van der Waals surface area (Å²) in [6, 6.07) is 0.620. The van der Waals surface area contributed by atoms with Gasteiger partial charge in [0.15, 0.2) is 5.96 Å². The molecule has 7 heteroatoms. The van der Waals surface area contributed by atoms with Crippen LogP contribution in [0.25, 0.3) is 0 Å². The number of likely N-dealkylation sites (N-methyl/N-ethyl adjacent to an activating group) is 1. The van der Waals surface area contributed by atoms with Gasteiger partial charge < -0.3 is 25.0 Å². The van der Waals surface area contributed by atoms with Gasteiger partial charge in [-0.2, -0.15) is 0 Å². The van der Waals surface area contributed by atoms with Gasteiger partial charge in [0, 0.05) is 58.6 Å². The number of aliphatic imine (C=N–C) groups is 1. The first-order valence-corrected chi connectivity index (χ1v) is 10.0. The monoisotopic (exact) mass is 484 g/mol. The molecule has 0 aliphatic carbocycles. The van der Waals surface area contributed by atoms with Crippen molar-refractivity contribution in [3.8, 4) is 0 Å². The lowest BCUT2D eigenvalue weighted by Gasteiger charge is -2.24. The van der Waals surface area contributed by atoms with Crippen molar-refractivity contribution in [3.05, 3.63) is 0 Å². The van der Waals surface area contributed by atoms with Crippen LogP contribution in [0.2, 0.25) is 0 Å². The quantitative estimate of drug-likeness (QED) is 0.193. The molecule has 1 fully saturated rings. The smallest absolute Gasteiger partial charge is 0.191 e. The number of nitrogens with one attached hydrogen (secondary N) is 2. The zero-order valence-corrected chi connectivity index (χ0v) is 19.6. The molecule has 2 N–H and O–H groups in total. The highest BCUT2D eigenvalue weighted by Crippen LogP contribution is 2.14. The lowest BCUT2D eigenvalue weighted by Crippen LogP contribution is -2.42. The van der Waals surface area contributed by atoms with E-state index in [0.29, 0.717) is 12.0 Å². The van der Waals surface area contributed by atoms with Crippen molar-refractivity contribution in [2.24, 2.45) is 10.9 Å². The lowest BCUT2D eigenvalue weighted by atomic mass is 10.0. The van der Waals surface area contributed by atoms with Crippen molar-refractivity contribution < 1.29 is 9.47 Å². The van der Waals surface area contributed by atoms with E-state index in [2.05, 4.69) is 48.3 Å². The standard InChI is InChI=1S/C19H40N4O2.HI/c1-5-17(3)23(4)12-11-22-19(20-6-2)21-10-7-13-25-16-18-8-14-24-15-9-18;/h17-18H,5-16H2,1-4H3,(H2,20,21,22);1H. The molecule has 0 amide bonds. The fourth-order valence-electron chi connectivity index (χ4n) is 2.75. The van der Waals surface area contributed by atoms with Crippen LogP contribution in [-0.4, -0.2) is 76.6 Å². The molecule has 1 unspecified atom stereocenters. The Morgan fingerprint density at radius 3 is 2.65 bits per heavy atom. The SMILES string of the molecule is CCNC(=NCCCOCC1CCOCC1)NCCN(C)C(C)CC.I. The van der Waals surface area contributed by atoms with E-state index in [4.69, 9.17) is 9.47 Å². The molecule has 1 atom stereocenters. The van der Waals surface area contributed by atoms with Crippen molar-refractivity contribution in [2.45, 2.75) is 52.5 Å². The van der Waals surface area contributed by atoms with Crippen LogP contribution in [0.15, 0.2) is 4.99 Å². The van der Waals surface area contributed by atoms with E-state index >= 15 is 0 Å². The summed E-state index contributed by atoms with van der Waals surface area (Å²) in [5.74, 6) is 1.59. The van der Waals surface area contributed by atoms with E-state index < -0.39 is 0 Å². The molecule has 0 bridgehead atoms. The third-order valence-corrected chi connectivity index (χ3v) is 4.86. The Hall–Kier alpha value is -0.120. The van der Waals surface area contributed by atoms with Crippen LogP contribution in [0.3, 0.4) is 0 Å². The minimum absolute atomic E-state index is 0. The average Bonchev–Trinajstić information content (AvgIpc) is 2.64. The van der Waals surface area contributed by atoms with E-state index in [-0.39, 0.29) is 24.0 Å². The van der Waals surface area contributed by atoms with Crippen LogP contribution in [0.4, 0.5) is 0 Å². The zero-order valence-electron chi connectivity index (χ0n) is 17.3. The molecule has 0 aromatic heterocycles. The van der Waals surface area contributed by atoms with Crippen molar-refractivity contribution in [1.82, 2.24) is 15.5 Å². The molecule has 1 saturated heterocycles. The predicted octanol–water partition coefficient (Wildman–Crippen LogP) is 2.72. The largest absolute Gasteiger partial charge is 0.381 e. The van der Waals surface area contributed by atoms with Gasteiger partial charge in [-0.1, -0.05) is 6.92 Å². The van der Waals surface area contributed by atoms with Gasteiger partial charge in [-0.05, 0) is 52.5 Å². The third kappa shape index (κ3) is 12.3. The maximum absolute atomic E-state index is 5.79. The van der Waals surface area contributed by atoms with Gasteiger partial charge in [0.25, 0.3) is 0 Å². The topological polar surface area (TPSA) is 58.1 Å². The molecule has 6 nitrogen and oxygen atoms in total. The first-order chi connectivity index (χ1) is 12.2. The maximum Gasteiger partial charge on any atom is 0.191 e. The third-order valence-electron chi connectivity index (χ3n) is 4.86. The second-order valence-corrected chi connectivity index (χ2v) is 6.91. The number of rotatable bonds is 12. The summed E-state index contributed by atoms with van der Waals surface area (Å²) in [5, 5.41) is 6.72. The molecule has 0 saturated carbocycles. The Labute approximate surface area is 177 Å². The number of halogens is 1. The fraction of sp³-hybridized carbons (Fsp3) is 0.947. The van der Waals surface area contributed by atoms with Gasteiger partial charge in [-0.3, -0.25) is 4.99 Å². The highest BCUT2D eigenvalue weighted by atomic mass is 127. The summed E-state index contributed by atoms with van der Waals surface area (Å²) >= 11 is 0. The second-order valence-electron chi connectivity index (χ2n) is 6.91. The van der Waals surface area contributed by atoms with Crippen molar-refractivity contribution in [1.29, 1.82) is 0 Å². The fourth-order valence-corrected chi connectivity index (χ4v) is 2.75. The molecular formula is C19H41IN4O2. The van der Waals surface area contributed by atoms with E-state index in [9.17, 15) is 0 Å².